The van der Waals surface area contributed by atoms with Gasteiger partial charge in [-0.05, 0) is 43.0 Å². The van der Waals surface area contributed by atoms with E-state index in [1.807, 2.05) is 35.2 Å². The Morgan fingerprint density at radius 1 is 1.20 bits per heavy atom. The second-order valence-corrected chi connectivity index (χ2v) is 7.19. The van der Waals surface area contributed by atoms with E-state index in [0.717, 1.165) is 24.3 Å². The summed E-state index contributed by atoms with van der Waals surface area (Å²) in [4.78, 5) is 27.4. The van der Waals surface area contributed by atoms with Crippen LogP contribution in [0.25, 0.3) is 0 Å². The van der Waals surface area contributed by atoms with Crippen molar-refractivity contribution >= 4 is 23.6 Å². The van der Waals surface area contributed by atoms with Crippen molar-refractivity contribution in [3.05, 3.63) is 54.5 Å². The van der Waals surface area contributed by atoms with Crippen molar-refractivity contribution in [2.75, 3.05) is 25.4 Å². The number of amides is 2. The lowest BCUT2D eigenvalue weighted by Crippen LogP contribution is -2.44. The van der Waals surface area contributed by atoms with Crippen LogP contribution < -0.4 is 5.32 Å². The lowest BCUT2D eigenvalue weighted by Gasteiger charge is -2.32. The molecule has 0 spiro atoms. The summed E-state index contributed by atoms with van der Waals surface area (Å²) in [6, 6.07) is 13.3. The number of rotatable bonds is 6. The molecule has 132 valence electrons. The summed E-state index contributed by atoms with van der Waals surface area (Å²) in [5, 5.41) is 2.90. The van der Waals surface area contributed by atoms with Crippen LogP contribution in [0, 0.1) is 5.92 Å². The summed E-state index contributed by atoms with van der Waals surface area (Å²) in [6.45, 7) is 2.07. The highest BCUT2D eigenvalue weighted by Gasteiger charge is 2.24. The summed E-state index contributed by atoms with van der Waals surface area (Å²) in [7, 11) is 0. The van der Waals surface area contributed by atoms with Gasteiger partial charge in [0.2, 0.25) is 5.91 Å². The Morgan fingerprint density at radius 3 is 2.80 bits per heavy atom. The third-order valence-electron chi connectivity index (χ3n) is 4.27. The minimum Gasteiger partial charge on any atom is -0.459 e. The van der Waals surface area contributed by atoms with Gasteiger partial charge < -0.3 is 14.6 Å². The maximum Gasteiger partial charge on any atom is 0.286 e. The molecule has 2 amide bonds. The zero-order valence-corrected chi connectivity index (χ0v) is 14.8. The molecule has 2 heterocycles. The Labute approximate surface area is 151 Å². The Morgan fingerprint density at radius 2 is 2.04 bits per heavy atom. The summed E-state index contributed by atoms with van der Waals surface area (Å²) in [5.41, 5.74) is 0. The molecular weight excluding hydrogens is 336 g/mol. The molecule has 1 fully saturated rings. The average molecular weight is 358 g/mol. The summed E-state index contributed by atoms with van der Waals surface area (Å²) in [5.74, 6) is 1.03. The number of nitrogens with zero attached hydrogens (tertiary/aromatic N) is 1. The van der Waals surface area contributed by atoms with Gasteiger partial charge in [0, 0.05) is 24.5 Å². The number of hydrogen-bond donors (Lipinski definition) is 1. The van der Waals surface area contributed by atoms with Crippen molar-refractivity contribution in [3.63, 3.8) is 0 Å². The van der Waals surface area contributed by atoms with Crippen LogP contribution >= 0.6 is 11.8 Å². The van der Waals surface area contributed by atoms with E-state index in [1.165, 1.54) is 6.26 Å². The zero-order chi connectivity index (χ0) is 17.5. The fourth-order valence-corrected chi connectivity index (χ4v) is 3.77. The van der Waals surface area contributed by atoms with Crippen LogP contribution in [-0.2, 0) is 4.79 Å². The number of likely N-dealkylation sites (tertiary alicyclic amines) is 1. The molecule has 5 nitrogen and oxygen atoms in total. The summed E-state index contributed by atoms with van der Waals surface area (Å²) in [6.07, 6.45) is 3.48. The molecule has 1 saturated heterocycles. The maximum absolute atomic E-state index is 12.4. The van der Waals surface area contributed by atoms with Gasteiger partial charge >= 0.3 is 0 Å². The molecule has 0 saturated carbocycles. The average Bonchev–Trinajstić information content (AvgIpc) is 3.20. The Kier molecular flexibility index (Phi) is 6.17. The number of nitrogens with one attached hydrogen (secondary N) is 1. The third kappa shape index (κ3) is 5.13. The Balaban J connectivity index is 1.44. The number of hydrogen-bond acceptors (Lipinski definition) is 4. The topological polar surface area (TPSA) is 62.6 Å². The predicted octanol–water partition coefficient (Wildman–Crippen LogP) is 3.04. The molecule has 1 aromatic carbocycles. The number of piperidine rings is 1. The molecule has 0 unspecified atom stereocenters. The van der Waals surface area contributed by atoms with Crippen molar-refractivity contribution < 1.29 is 14.0 Å². The monoisotopic (exact) mass is 358 g/mol. The molecule has 2 aromatic rings. The van der Waals surface area contributed by atoms with Gasteiger partial charge in [-0.3, -0.25) is 9.59 Å². The van der Waals surface area contributed by atoms with Crippen LogP contribution in [0.2, 0.25) is 0 Å². The number of furan rings is 1. The lowest BCUT2D eigenvalue weighted by atomic mass is 9.98. The first-order chi connectivity index (χ1) is 12.2. The van der Waals surface area contributed by atoms with Gasteiger partial charge in [-0.25, -0.2) is 0 Å². The normalized spacial score (nSPS) is 17.3. The van der Waals surface area contributed by atoms with E-state index in [-0.39, 0.29) is 11.8 Å². The van der Waals surface area contributed by atoms with Crippen LogP contribution in [0.3, 0.4) is 0 Å². The summed E-state index contributed by atoms with van der Waals surface area (Å²) < 4.78 is 5.09. The van der Waals surface area contributed by atoms with E-state index in [0.29, 0.717) is 30.5 Å². The van der Waals surface area contributed by atoms with Gasteiger partial charge in [0.15, 0.2) is 5.76 Å². The standard InChI is InChI=1S/C19H22N2O3S/c22-18(14-25-16-7-2-1-3-8-16)21-10-4-6-15(13-21)12-20-19(23)17-9-5-11-24-17/h1-3,5,7-9,11,15H,4,6,10,12-14H2,(H,20,23)/t15-/m0/s1. The van der Waals surface area contributed by atoms with Gasteiger partial charge in [0.1, 0.15) is 0 Å². The molecule has 1 N–H and O–H groups in total. The van der Waals surface area contributed by atoms with E-state index < -0.39 is 0 Å². The lowest BCUT2D eigenvalue weighted by molar-refractivity contribution is -0.130. The van der Waals surface area contributed by atoms with Crippen molar-refractivity contribution in [3.8, 4) is 0 Å². The SMILES string of the molecule is O=C(NC[C@@H]1CCCN(C(=O)CSc2ccccc2)C1)c1ccco1. The van der Waals surface area contributed by atoms with Crippen molar-refractivity contribution in [2.45, 2.75) is 17.7 Å². The van der Waals surface area contributed by atoms with Crippen molar-refractivity contribution in [1.82, 2.24) is 10.2 Å². The first-order valence-electron chi connectivity index (χ1n) is 8.49. The summed E-state index contributed by atoms with van der Waals surface area (Å²) >= 11 is 1.57. The van der Waals surface area contributed by atoms with E-state index in [4.69, 9.17) is 4.42 Å². The Hall–Kier alpha value is -2.21. The van der Waals surface area contributed by atoms with E-state index in [9.17, 15) is 9.59 Å². The van der Waals surface area contributed by atoms with Crippen LogP contribution in [-0.4, -0.2) is 42.1 Å². The van der Waals surface area contributed by atoms with Gasteiger partial charge in [0.25, 0.3) is 5.91 Å². The smallest absolute Gasteiger partial charge is 0.286 e. The molecule has 0 aliphatic carbocycles. The quantitative estimate of drug-likeness (QED) is 0.806. The number of benzene rings is 1. The van der Waals surface area contributed by atoms with Gasteiger partial charge in [-0.15, -0.1) is 11.8 Å². The fourth-order valence-electron chi connectivity index (χ4n) is 2.94. The van der Waals surface area contributed by atoms with E-state index in [2.05, 4.69) is 5.32 Å². The van der Waals surface area contributed by atoms with Crippen molar-refractivity contribution in [2.24, 2.45) is 5.92 Å². The molecule has 6 heteroatoms. The highest BCUT2D eigenvalue weighted by atomic mass is 32.2. The maximum atomic E-state index is 12.4. The minimum absolute atomic E-state index is 0.163. The largest absolute Gasteiger partial charge is 0.459 e. The first-order valence-corrected chi connectivity index (χ1v) is 9.48. The van der Waals surface area contributed by atoms with Crippen LogP contribution in [0.15, 0.2) is 58.0 Å². The highest BCUT2D eigenvalue weighted by molar-refractivity contribution is 8.00. The van der Waals surface area contributed by atoms with Crippen molar-refractivity contribution in [1.29, 1.82) is 0 Å². The number of carbonyl (C=O) groups is 2. The highest BCUT2D eigenvalue weighted by Crippen LogP contribution is 2.20. The van der Waals surface area contributed by atoms with Crippen LogP contribution in [0.5, 0.6) is 0 Å². The van der Waals surface area contributed by atoms with E-state index in [1.54, 1.807) is 23.9 Å². The number of carbonyl (C=O) groups excluding carboxylic acids is 2. The molecule has 3 rings (SSSR count). The van der Waals surface area contributed by atoms with Gasteiger partial charge in [-0.1, -0.05) is 18.2 Å². The number of thioether (sulfide) groups is 1. The molecule has 1 aromatic heterocycles. The molecule has 1 aliphatic heterocycles. The van der Waals surface area contributed by atoms with Crippen LogP contribution in [0.1, 0.15) is 23.4 Å². The van der Waals surface area contributed by atoms with Gasteiger partial charge in [0.05, 0.1) is 12.0 Å². The minimum atomic E-state index is -0.201. The molecule has 0 radical (unpaired) electrons. The predicted molar refractivity (Wildman–Crippen MR) is 97.5 cm³/mol. The third-order valence-corrected chi connectivity index (χ3v) is 5.27. The second kappa shape index (κ2) is 8.76. The first kappa shape index (κ1) is 17.6. The molecule has 1 aliphatic rings. The zero-order valence-electron chi connectivity index (χ0n) is 14.0. The molecule has 0 bridgehead atoms. The molecule has 25 heavy (non-hydrogen) atoms. The Bertz CT molecular complexity index is 688. The fraction of sp³-hybridized carbons (Fsp3) is 0.368. The molecule has 1 atom stereocenters. The van der Waals surface area contributed by atoms with Crippen LogP contribution in [0.4, 0.5) is 0 Å². The van der Waals surface area contributed by atoms with E-state index >= 15 is 0 Å². The van der Waals surface area contributed by atoms with Gasteiger partial charge in [-0.2, -0.15) is 0 Å². The molecular formula is C19H22N2O3S. The second-order valence-electron chi connectivity index (χ2n) is 6.14.